The highest BCUT2D eigenvalue weighted by atomic mass is 35.5. The van der Waals surface area contributed by atoms with Gasteiger partial charge in [0, 0.05) is 10.6 Å². The van der Waals surface area contributed by atoms with Crippen molar-refractivity contribution >= 4 is 23.5 Å². The molecule has 4 aromatic rings. The second-order valence-electron chi connectivity index (χ2n) is 8.23. The van der Waals surface area contributed by atoms with Crippen LogP contribution < -0.4 is 10.1 Å². The fourth-order valence-electron chi connectivity index (χ4n) is 4.03. The molecule has 0 saturated carbocycles. The molecule has 1 N–H and O–H groups in total. The van der Waals surface area contributed by atoms with Crippen LogP contribution in [-0.4, -0.2) is 20.7 Å². The zero-order valence-corrected chi connectivity index (χ0v) is 19.1. The first kappa shape index (κ1) is 22.1. The first-order chi connectivity index (χ1) is 16.5. The predicted octanol–water partition coefficient (Wildman–Crippen LogP) is 5.44. The van der Waals surface area contributed by atoms with E-state index in [0.29, 0.717) is 29.3 Å². The number of nitrogens with zero attached hydrogens (tertiary/aromatic N) is 3. The molecule has 0 aliphatic heterocycles. The molecule has 0 atom stereocenters. The number of carbonyl (C=O) groups excluding carboxylic acids is 1. The summed E-state index contributed by atoms with van der Waals surface area (Å²) in [6.45, 7) is 0.669. The van der Waals surface area contributed by atoms with Gasteiger partial charge in [-0.1, -0.05) is 35.9 Å². The average Bonchev–Trinajstić information content (AvgIpc) is 3.48. The van der Waals surface area contributed by atoms with Gasteiger partial charge in [0.2, 0.25) is 5.95 Å². The highest BCUT2D eigenvalue weighted by molar-refractivity contribution is 6.31. The maximum Gasteiger partial charge on any atom is 0.258 e. The molecule has 0 radical (unpaired) electrons. The van der Waals surface area contributed by atoms with Gasteiger partial charge in [-0.2, -0.15) is 0 Å². The molecule has 1 aliphatic carbocycles. The molecular weight excluding hydrogens is 455 g/mol. The van der Waals surface area contributed by atoms with Crippen molar-refractivity contribution in [3.8, 4) is 5.75 Å². The standard InChI is InChI=1S/C26H22ClFN4O2/c27-24-13-22(28)9-7-21(24)14-32-16-29-26(31-32)30-25(33)20-6-1-3-17(11-20)15-34-23-10-8-18-4-2-5-19(18)12-23/h1,3,6-13,16H,2,4-5,14-15H2,(H,30,31,33). The quantitative estimate of drug-likeness (QED) is 0.385. The van der Waals surface area contributed by atoms with E-state index in [9.17, 15) is 9.18 Å². The van der Waals surface area contributed by atoms with Crippen LogP contribution in [0.15, 0.2) is 67.0 Å². The van der Waals surface area contributed by atoms with Crippen LogP contribution in [0.3, 0.4) is 0 Å². The van der Waals surface area contributed by atoms with Gasteiger partial charge < -0.3 is 4.74 Å². The van der Waals surface area contributed by atoms with Gasteiger partial charge in [-0.25, -0.2) is 14.1 Å². The van der Waals surface area contributed by atoms with E-state index in [-0.39, 0.29) is 11.9 Å². The number of halogens is 2. The SMILES string of the molecule is O=C(Nc1ncn(Cc2ccc(F)cc2Cl)n1)c1cccc(COc2ccc3c(c2)CCC3)c1. The smallest absolute Gasteiger partial charge is 0.258 e. The van der Waals surface area contributed by atoms with E-state index < -0.39 is 5.82 Å². The zero-order valence-electron chi connectivity index (χ0n) is 18.3. The molecule has 0 unspecified atom stereocenters. The van der Waals surface area contributed by atoms with Crippen LogP contribution in [0.4, 0.5) is 10.3 Å². The summed E-state index contributed by atoms with van der Waals surface area (Å²) in [5.74, 6) is 0.284. The molecule has 1 heterocycles. The third-order valence-corrected chi connectivity index (χ3v) is 6.13. The second-order valence-corrected chi connectivity index (χ2v) is 8.64. The minimum absolute atomic E-state index is 0.169. The first-order valence-electron chi connectivity index (χ1n) is 11.0. The number of hydrogen-bond acceptors (Lipinski definition) is 4. The molecule has 0 spiro atoms. The van der Waals surface area contributed by atoms with Crippen molar-refractivity contribution in [2.24, 2.45) is 0 Å². The molecule has 172 valence electrons. The monoisotopic (exact) mass is 476 g/mol. The molecule has 0 bridgehead atoms. The molecule has 0 saturated heterocycles. The van der Waals surface area contributed by atoms with Crippen molar-refractivity contribution in [1.82, 2.24) is 14.8 Å². The fourth-order valence-corrected chi connectivity index (χ4v) is 4.26. The van der Waals surface area contributed by atoms with Crippen molar-refractivity contribution in [2.45, 2.75) is 32.4 Å². The number of rotatable bonds is 7. The van der Waals surface area contributed by atoms with Crippen molar-refractivity contribution in [1.29, 1.82) is 0 Å². The van der Waals surface area contributed by atoms with E-state index in [1.807, 2.05) is 18.2 Å². The van der Waals surface area contributed by atoms with Crippen molar-refractivity contribution in [3.63, 3.8) is 0 Å². The topological polar surface area (TPSA) is 69.0 Å². The first-order valence-corrected chi connectivity index (χ1v) is 11.4. The largest absolute Gasteiger partial charge is 0.489 e. The van der Waals surface area contributed by atoms with Crippen molar-refractivity contribution in [3.05, 3.63) is 106 Å². The molecule has 1 amide bonds. The third kappa shape index (κ3) is 5.10. The fraction of sp³-hybridized carbons (Fsp3) is 0.192. The lowest BCUT2D eigenvalue weighted by atomic mass is 10.1. The number of aryl methyl sites for hydroxylation is 2. The van der Waals surface area contributed by atoms with Gasteiger partial charge in [0.15, 0.2) is 0 Å². The van der Waals surface area contributed by atoms with Gasteiger partial charge in [0.25, 0.3) is 5.91 Å². The molecule has 3 aromatic carbocycles. The number of ether oxygens (including phenoxy) is 1. The molecule has 5 rings (SSSR count). The number of carbonyl (C=O) groups is 1. The number of benzene rings is 3. The van der Waals surface area contributed by atoms with Gasteiger partial charge in [-0.05, 0) is 77.9 Å². The van der Waals surface area contributed by atoms with Crippen LogP contribution in [0.25, 0.3) is 0 Å². The highest BCUT2D eigenvalue weighted by Gasteiger charge is 2.13. The molecule has 6 nitrogen and oxygen atoms in total. The summed E-state index contributed by atoms with van der Waals surface area (Å²) in [6, 6.07) is 17.7. The Morgan fingerprint density at radius 2 is 1.97 bits per heavy atom. The summed E-state index contributed by atoms with van der Waals surface area (Å²) in [5, 5.41) is 7.27. The van der Waals surface area contributed by atoms with Gasteiger partial charge in [-0.3, -0.25) is 10.1 Å². The molecule has 34 heavy (non-hydrogen) atoms. The Balaban J connectivity index is 1.20. The van der Waals surface area contributed by atoms with Gasteiger partial charge in [-0.15, -0.1) is 5.10 Å². The van der Waals surface area contributed by atoms with E-state index in [2.05, 4.69) is 27.5 Å². The second kappa shape index (κ2) is 9.65. The maximum atomic E-state index is 13.2. The van der Waals surface area contributed by atoms with E-state index in [1.165, 1.54) is 40.7 Å². The lowest BCUT2D eigenvalue weighted by molar-refractivity contribution is 0.102. The van der Waals surface area contributed by atoms with Crippen molar-refractivity contribution < 1.29 is 13.9 Å². The number of aromatic nitrogens is 3. The lowest BCUT2D eigenvalue weighted by Crippen LogP contribution is -2.14. The molecule has 1 aliphatic rings. The van der Waals surface area contributed by atoms with E-state index in [0.717, 1.165) is 24.2 Å². The predicted molar refractivity (Wildman–Crippen MR) is 128 cm³/mol. The Labute approximate surface area is 201 Å². The van der Waals surface area contributed by atoms with Crippen LogP contribution in [-0.2, 0) is 26.0 Å². The number of anilines is 1. The van der Waals surface area contributed by atoms with Crippen LogP contribution >= 0.6 is 11.6 Å². The van der Waals surface area contributed by atoms with E-state index in [1.54, 1.807) is 18.2 Å². The zero-order chi connectivity index (χ0) is 23.5. The van der Waals surface area contributed by atoms with E-state index in [4.69, 9.17) is 16.3 Å². The maximum absolute atomic E-state index is 13.2. The minimum atomic E-state index is -0.403. The summed E-state index contributed by atoms with van der Waals surface area (Å²) < 4.78 is 20.7. The van der Waals surface area contributed by atoms with Crippen LogP contribution in [0.2, 0.25) is 5.02 Å². The molecule has 1 aromatic heterocycles. The summed E-state index contributed by atoms with van der Waals surface area (Å²) in [7, 11) is 0. The number of amides is 1. The Bertz CT molecular complexity index is 1350. The van der Waals surface area contributed by atoms with E-state index >= 15 is 0 Å². The Morgan fingerprint density at radius 1 is 1.09 bits per heavy atom. The molecule has 0 fully saturated rings. The number of fused-ring (bicyclic) bond motifs is 1. The summed E-state index contributed by atoms with van der Waals surface area (Å²) in [6.07, 6.45) is 4.92. The summed E-state index contributed by atoms with van der Waals surface area (Å²) in [5.41, 5.74) is 4.83. The van der Waals surface area contributed by atoms with Gasteiger partial charge in [0.1, 0.15) is 24.5 Å². The summed E-state index contributed by atoms with van der Waals surface area (Å²) in [4.78, 5) is 16.9. The number of nitrogens with one attached hydrogen (secondary N) is 1. The average molecular weight is 477 g/mol. The Kier molecular flexibility index (Phi) is 6.27. The van der Waals surface area contributed by atoms with Gasteiger partial charge >= 0.3 is 0 Å². The minimum Gasteiger partial charge on any atom is -0.489 e. The summed E-state index contributed by atoms with van der Waals surface area (Å²) >= 11 is 6.07. The van der Waals surface area contributed by atoms with Gasteiger partial charge in [0.05, 0.1) is 6.54 Å². The number of hydrogen-bond donors (Lipinski definition) is 1. The highest BCUT2D eigenvalue weighted by Crippen LogP contribution is 2.26. The normalized spacial score (nSPS) is 12.4. The Morgan fingerprint density at radius 3 is 2.85 bits per heavy atom. The van der Waals surface area contributed by atoms with Crippen molar-refractivity contribution in [2.75, 3.05) is 5.32 Å². The lowest BCUT2D eigenvalue weighted by Gasteiger charge is -2.09. The third-order valence-electron chi connectivity index (χ3n) is 5.77. The molecular formula is C26H22ClFN4O2. The Hall–Kier alpha value is -3.71. The van der Waals surface area contributed by atoms with Crippen LogP contribution in [0.1, 0.15) is 39.0 Å². The van der Waals surface area contributed by atoms with Crippen LogP contribution in [0, 0.1) is 5.82 Å². The van der Waals surface area contributed by atoms with Crippen LogP contribution in [0.5, 0.6) is 5.75 Å². The molecule has 8 heteroatoms.